The molecule has 0 saturated heterocycles. The van der Waals surface area contributed by atoms with Crippen molar-refractivity contribution < 1.29 is 4.39 Å². The van der Waals surface area contributed by atoms with Crippen molar-refractivity contribution in [1.82, 2.24) is 9.97 Å². The Hall–Kier alpha value is -2.24. The summed E-state index contributed by atoms with van der Waals surface area (Å²) in [7, 11) is 0. The average Bonchev–Trinajstić information content (AvgIpc) is 2.99. The molecule has 0 aliphatic carbocycles. The van der Waals surface area contributed by atoms with E-state index in [1.807, 2.05) is 6.07 Å². The van der Waals surface area contributed by atoms with E-state index in [9.17, 15) is 4.39 Å². The van der Waals surface area contributed by atoms with Crippen LogP contribution in [0.15, 0.2) is 53.8 Å². The SMILES string of the molecule is Cc1ccc(-c2c(C)sc3ncnc(SCc4cccc(F)c4)c23)cc1C. The van der Waals surface area contributed by atoms with Crippen molar-refractivity contribution in [3.63, 3.8) is 0 Å². The van der Waals surface area contributed by atoms with Gasteiger partial charge in [0.2, 0.25) is 0 Å². The molecule has 0 fully saturated rings. The normalized spacial score (nSPS) is 11.3. The molecular formula is C22H19FN2S2. The minimum atomic E-state index is -0.205. The lowest BCUT2D eigenvalue weighted by Crippen LogP contribution is -1.89. The summed E-state index contributed by atoms with van der Waals surface area (Å²) in [6.07, 6.45) is 1.62. The molecule has 4 rings (SSSR count). The fourth-order valence-corrected chi connectivity index (χ4v) is 5.17. The van der Waals surface area contributed by atoms with E-state index in [0.29, 0.717) is 5.75 Å². The zero-order chi connectivity index (χ0) is 19.0. The van der Waals surface area contributed by atoms with Gasteiger partial charge in [-0.1, -0.05) is 30.3 Å². The zero-order valence-corrected chi connectivity index (χ0v) is 17.0. The molecule has 4 aromatic rings. The molecule has 27 heavy (non-hydrogen) atoms. The van der Waals surface area contributed by atoms with Gasteiger partial charge in [0.15, 0.2) is 0 Å². The Morgan fingerprint density at radius 3 is 2.63 bits per heavy atom. The third-order valence-electron chi connectivity index (χ3n) is 4.69. The number of nitrogens with zero attached hydrogens (tertiary/aromatic N) is 2. The highest BCUT2D eigenvalue weighted by molar-refractivity contribution is 7.98. The summed E-state index contributed by atoms with van der Waals surface area (Å²) in [5, 5.41) is 2.05. The summed E-state index contributed by atoms with van der Waals surface area (Å²) in [4.78, 5) is 11.3. The van der Waals surface area contributed by atoms with Crippen molar-refractivity contribution in [3.8, 4) is 11.1 Å². The molecule has 2 nitrogen and oxygen atoms in total. The van der Waals surface area contributed by atoms with Crippen LogP contribution in [0.2, 0.25) is 0 Å². The highest BCUT2D eigenvalue weighted by Gasteiger charge is 2.17. The number of aryl methyl sites for hydroxylation is 3. The topological polar surface area (TPSA) is 25.8 Å². The second kappa shape index (κ2) is 7.41. The Labute approximate surface area is 166 Å². The average molecular weight is 395 g/mol. The summed E-state index contributed by atoms with van der Waals surface area (Å²) >= 11 is 3.33. The van der Waals surface area contributed by atoms with Gasteiger partial charge in [0, 0.05) is 16.2 Å². The van der Waals surface area contributed by atoms with Crippen molar-refractivity contribution in [3.05, 3.63) is 76.2 Å². The number of aromatic nitrogens is 2. The van der Waals surface area contributed by atoms with Crippen LogP contribution in [-0.4, -0.2) is 9.97 Å². The molecule has 2 aromatic carbocycles. The highest BCUT2D eigenvalue weighted by Crippen LogP contribution is 2.42. The highest BCUT2D eigenvalue weighted by atomic mass is 32.2. The molecule has 136 valence electrons. The fraction of sp³-hybridized carbons (Fsp3) is 0.182. The molecule has 0 unspecified atom stereocenters. The number of fused-ring (bicyclic) bond motifs is 1. The van der Waals surface area contributed by atoms with Gasteiger partial charge >= 0.3 is 0 Å². The van der Waals surface area contributed by atoms with E-state index in [4.69, 9.17) is 0 Å². The Morgan fingerprint density at radius 1 is 1.00 bits per heavy atom. The van der Waals surface area contributed by atoms with E-state index in [1.54, 1.807) is 41.6 Å². The molecule has 0 bridgehead atoms. The monoisotopic (exact) mass is 394 g/mol. The van der Waals surface area contributed by atoms with Crippen molar-refractivity contribution in [2.75, 3.05) is 0 Å². The molecule has 0 atom stereocenters. The summed E-state index contributed by atoms with van der Waals surface area (Å²) in [6, 6.07) is 13.3. The minimum absolute atomic E-state index is 0.205. The van der Waals surface area contributed by atoms with Crippen LogP contribution >= 0.6 is 23.1 Å². The van der Waals surface area contributed by atoms with Crippen molar-refractivity contribution in [2.24, 2.45) is 0 Å². The van der Waals surface area contributed by atoms with Crippen LogP contribution in [0.25, 0.3) is 21.3 Å². The van der Waals surface area contributed by atoms with Crippen LogP contribution in [-0.2, 0) is 5.75 Å². The van der Waals surface area contributed by atoms with Crippen LogP contribution in [0.3, 0.4) is 0 Å². The molecule has 0 amide bonds. The molecular weight excluding hydrogens is 375 g/mol. The molecule has 2 aromatic heterocycles. The first kappa shape index (κ1) is 18.1. The van der Waals surface area contributed by atoms with E-state index in [0.717, 1.165) is 20.8 Å². The Bertz CT molecular complexity index is 1130. The maximum Gasteiger partial charge on any atom is 0.128 e. The van der Waals surface area contributed by atoms with Crippen LogP contribution in [0, 0.1) is 26.6 Å². The standard InChI is InChI=1S/C22H19FN2S2/c1-13-7-8-17(9-14(13)2)19-15(3)27-22-20(19)21(24-12-25-22)26-11-16-5-4-6-18(23)10-16/h4-10,12H,11H2,1-3H3. The van der Waals surface area contributed by atoms with Gasteiger partial charge in [-0.2, -0.15) is 0 Å². The van der Waals surface area contributed by atoms with Crippen molar-refractivity contribution >= 4 is 33.3 Å². The molecule has 0 spiro atoms. The fourth-order valence-electron chi connectivity index (χ4n) is 3.15. The maximum absolute atomic E-state index is 13.5. The van der Waals surface area contributed by atoms with Crippen LogP contribution in [0.5, 0.6) is 0 Å². The van der Waals surface area contributed by atoms with E-state index in [2.05, 4.69) is 48.9 Å². The number of rotatable bonds is 4. The van der Waals surface area contributed by atoms with Crippen LogP contribution < -0.4 is 0 Å². The molecule has 0 N–H and O–H groups in total. The molecule has 2 heterocycles. The van der Waals surface area contributed by atoms with Gasteiger partial charge in [0.1, 0.15) is 22.0 Å². The van der Waals surface area contributed by atoms with Crippen molar-refractivity contribution in [1.29, 1.82) is 0 Å². The number of hydrogen-bond donors (Lipinski definition) is 0. The smallest absolute Gasteiger partial charge is 0.128 e. The van der Waals surface area contributed by atoms with Gasteiger partial charge in [-0.25, -0.2) is 14.4 Å². The number of benzene rings is 2. The van der Waals surface area contributed by atoms with Gasteiger partial charge in [0.25, 0.3) is 0 Å². The molecule has 0 saturated carbocycles. The summed E-state index contributed by atoms with van der Waals surface area (Å²) in [6.45, 7) is 6.40. The maximum atomic E-state index is 13.5. The third kappa shape index (κ3) is 3.62. The minimum Gasteiger partial charge on any atom is -0.229 e. The first-order valence-corrected chi connectivity index (χ1v) is 10.5. The first-order chi connectivity index (χ1) is 13.0. The second-order valence-electron chi connectivity index (χ2n) is 6.61. The van der Waals surface area contributed by atoms with E-state index < -0.39 is 0 Å². The summed E-state index contributed by atoms with van der Waals surface area (Å²) in [5.41, 5.74) is 5.92. The van der Waals surface area contributed by atoms with E-state index in [1.165, 1.54) is 33.2 Å². The predicted molar refractivity (Wildman–Crippen MR) is 113 cm³/mol. The largest absolute Gasteiger partial charge is 0.229 e. The Balaban J connectivity index is 1.78. The van der Waals surface area contributed by atoms with Gasteiger partial charge in [0.05, 0.1) is 5.39 Å². The van der Waals surface area contributed by atoms with Crippen molar-refractivity contribution in [2.45, 2.75) is 31.6 Å². The first-order valence-electron chi connectivity index (χ1n) is 8.72. The van der Waals surface area contributed by atoms with Gasteiger partial charge in [-0.05, 0) is 55.2 Å². The van der Waals surface area contributed by atoms with Crippen LogP contribution in [0.4, 0.5) is 4.39 Å². The lowest BCUT2D eigenvalue weighted by Gasteiger charge is -2.08. The predicted octanol–water partition coefficient (Wildman–Crippen LogP) is 6.71. The van der Waals surface area contributed by atoms with Gasteiger partial charge in [-0.15, -0.1) is 23.1 Å². The summed E-state index contributed by atoms with van der Waals surface area (Å²) in [5.74, 6) is 0.466. The molecule has 0 aliphatic rings. The number of halogens is 1. The van der Waals surface area contributed by atoms with Gasteiger partial charge in [-0.3, -0.25) is 0 Å². The number of thiophene rings is 1. The lowest BCUT2D eigenvalue weighted by molar-refractivity contribution is 0.626. The van der Waals surface area contributed by atoms with E-state index in [-0.39, 0.29) is 5.82 Å². The van der Waals surface area contributed by atoms with E-state index >= 15 is 0 Å². The number of thioether (sulfide) groups is 1. The summed E-state index contributed by atoms with van der Waals surface area (Å²) < 4.78 is 13.5. The zero-order valence-electron chi connectivity index (χ0n) is 15.4. The third-order valence-corrected chi connectivity index (χ3v) is 6.76. The van der Waals surface area contributed by atoms with Crippen LogP contribution in [0.1, 0.15) is 21.6 Å². The Morgan fingerprint density at radius 2 is 1.85 bits per heavy atom. The Kier molecular flexibility index (Phi) is 4.98. The molecule has 0 aliphatic heterocycles. The van der Waals surface area contributed by atoms with Gasteiger partial charge < -0.3 is 0 Å². The number of hydrogen-bond acceptors (Lipinski definition) is 4. The molecule has 5 heteroatoms. The second-order valence-corrected chi connectivity index (χ2v) is 8.78. The lowest BCUT2D eigenvalue weighted by atomic mass is 9.99. The molecule has 0 radical (unpaired) electrons. The quantitative estimate of drug-likeness (QED) is 0.284.